The molecular formula is C21H20N2O3. The minimum atomic E-state index is -0.526. The number of anilines is 2. The van der Waals surface area contributed by atoms with Crippen LogP contribution in [0, 0.1) is 0 Å². The average molecular weight is 348 g/mol. The summed E-state index contributed by atoms with van der Waals surface area (Å²) in [5.74, 6) is -0.903. The molecular weight excluding hydrogens is 328 g/mol. The van der Waals surface area contributed by atoms with Gasteiger partial charge in [-0.3, -0.25) is 4.79 Å². The minimum Gasteiger partial charge on any atom is -0.452 e. The number of benzene rings is 3. The molecule has 0 aromatic heterocycles. The van der Waals surface area contributed by atoms with Crippen molar-refractivity contribution < 1.29 is 14.3 Å². The molecule has 5 heteroatoms. The largest absolute Gasteiger partial charge is 0.452 e. The van der Waals surface area contributed by atoms with Gasteiger partial charge in [0.2, 0.25) is 0 Å². The molecule has 3 rings (SSSR count). The highest BCUT2D eigenvalue weighted by atomic mass is 16.5. The third-order valence-corrected chi connectivity index (χ3v) is 4.00. The highest BCUT2D eigenvalue weighted by Gasteiger charge is 2.12. The molecule has 0 bridgehead atoms. The van der Waals surface area contributed by atoms with E-state index in [1.54, 1.807) is 18.2 Å². The molecule has 0 radical (unpaired) electrons. The molecule has 0 aliphatic heterocycles. The van der Waals surface area contributed by atoms with Crippen LogP contribution in [0.25, 0.3) is 10.8 Å². The number of ether oxygens (including phenoxy) is 1. The van der Waals surface area contributed by atoms with E-state index in [0.29, 0.717) is 11.3 Å². The van der Waals surface area contributed by atoms with E-state index in [2.05, 4.69) is 5.32 Å². The van der Waals surface area contributed by atoms with Crippen LogP contribution in [-0.2, 0) is 9.53 Å². The lowest BCUT2D eigenvalue weighted by atomic mass is 10.1. The number of carbonyl (C=O) groups is 2. The minimum absolute atomic E-state index is 0.339. The Kier molecular flexibility index (Phi) is 5.17. The maximum Gasteiger partial charge on any atom is 0.338 e. The fourth-order valence-corrected chi connectivity index (χ4v) is 2.65. The zero-order valence-electron chi connectivity index (χ0n) is 14.7. The molecule has 5 nitrogen and oxygen atoms in total. The molecule has 0 atom stereocenters. The summed E-state index contributed by atoms with van der Waals surface area (Å²) < 4.78 is 5.14. The van der Waals surface area contributed by atoms with E-state index < -0.39 is 5.97 Å². The Morgan fingerprint density at radius 3 is 2.50 bits per heavy atom. The van der Waals surface area contributed by atoms with Crippen molar-refractivity contribution in [3.05, 3.63) is 72.3 Å². The Balaban J connectivity index is 1.63. The number of rotatable bonds is 5. The van der Waals surface area contributed by atoms with Crippen molar-refractivity contribution in [1.29, 1.82) is 0 Å². The third-order valence-electron chi connectivity index (χ3n) is 4.00. The van der Waals surface area contributed by atoms with Crippen LogP contribution in [0.5, 0.6) is 0 Å². The maximum absolute atomic E-state index is 12.2. The van der Waals surface area contributed by atoms with Gasteiger partial charge < -0.3 is 15.0 Å². The first-order valence-electron chi connectivity index (χ1n) is 8.27. The Morgan fingerprint density at radius 2 is 1.69 bits per heavy atom. The van der Waals surface area contributed by atoms with Crippen LogP contribution < -0.4 is 10.2 Å². The molecule has 0 aliphatic carbocycles. The van der Waals surface area contributed by atoms with E-state index in [9.17, 15) is 9.59 Å². The lowest BCUT2D eigenvalue weighted by Crippen LogP contribution is -2.21. The standard InChI is InChI=1S/C21H20N2O3/c1-23(2)17-10-5-9-16(13-17)21(25)26-14-20(24)22-19-12-6-8-15-7-3-4-11-18(15)19/h3-13H,14H2,1-2H3,(H,22,24). The zero-order valence-corrected chi connectivity index (χ0v) is 14.7. The Hall–Kier alpha value is -3.34. The predicted molar refractivity (Wildman–Crippen MR) is 104 cm³/mol. The molecule has 0 spiro atoms. The topological polar surface area (TPSA) is 58.6 Å². The number of nitrogens with one attached hydrogen (secondary N) is 1. The second-order valence-corrected chi connectivity index (χ2v) is 6.10. The van der Waals surface area contributed by atoms with E-state index in [1.807, 2.05) is 67.5 Å². The van der Waals surface area contributed by atoms with E-state index in [4.69, 9.17) is 4.74 Å². The molecule has 3 aromatic rings. The second kappa shape index (κ2) is 7.70. The summed E-state index contributed by atoms with van der Waals surface area (Å²) in [6, 6.07) is 20.5. The lowest BCUT2D eigenvalue weighted by molar-refractivity contribution is -0.119. The van der Waals surface area contributed by atoms with Crippen molar-refractivity contribution in [2.24, 2.45) is 0 Å². The quantitative estimate of drug-likeness (QED) is 0.714. The van der Waals surface area contributed by atoms with Crippen LogP contribution in [0.3, 0.4) is 0 Å². The normalized spacial score (nSPS) is 10.4. The Labute approximate surface area is 152 Å². The summed E-state index contributed by atoms with van der Waals surface area (Å²) in [6.07, 6.45) is 0. The summed E-state index contributed by atoms with van der Waals surface area (Å²) in [5, 5.41) is 4.77. The van der Waals surface area contributed by atoms with Gasteiger partial charge in [0.15, 0.2) is 6.61 Å². The van der Waals surface area contributed by atoms with Crippen LogP contribution in [-0.4, -0.2) is 32.6 Å². The molecule has 0 unspecified atom stereocenters. The van der Waals surface area contributed by atoms with Gasteiger partial charge in [0.25, 0.3) is 5.91 Å². The third kappa shape index (κ3) is 4.00. The van der Waals surface area contributed by atoms with Crippen LogP contribution in [0.15, 0.2) is 66.7 Å². The van der Waals surface area contributed by atoms with E-state index >= 15 is 0 Å². The molecule has 132 valence electrons. The van der Waals surface area contributed by atoms with Gasteiger partial charge in [-0.25, -0.2) is 4.79 Å². The molecule has 1 amide bonds. The first kappa shape index (κ1) is 17.5. The summed E-state index contributed by atoms with van der Waals surface area (Å²) in [6.45, 7) is -0.339. The van der Waals surface area contributed by atoms with Crippen molar-refractivity contribution in [2.75, 3.05) is 30.9 Å². The molecule has 0 saturated heterocycles. The first-order valence-corrected chi connectivity index (χ1v) is 8.27. The van der Waals surface area contributed by atoms with E-state index in [0.717, 1.165) is 16.5 Å². The summed E-state index contributed by atoms with van der Waals surface area (Å²) in [4.78, 5) is 26.2. The van der Waals surface area contributed by atoms with Crippen LogP contribution >= 0.6 is 0 Å². The van der Waals surface area contributed by atoms with Crippen molar-refractivity contribution in [3.8, 4) is 0 Å². The van der Waals surface area contributed by atoms with Gasteiger partial charge in [-0.15, -0.1) is 0 Å². The van der Waals surface area contributed by atoms with Crippen molar-refractivity contribution in [3.63, 3.8) is 0 Å². The average Bonchev–Trinajstić information content (AvgIpc) is 2.66. The van der Waals surface area contributed by atoms with Gasteiger partial charge in [-0.2, -0.15) is 0 Å². The van der Waals surface area contributed by atoms with Crippen molar-refractivity contribution >= 4 is 34.0 Å². The first-order chi connectivity index (χ1) is 12.5. The number of amides is 1. The van der Waals surface area contributed by atoms with Crippen LogP contribution in [0.2, 0.25) is 0 Å². The van der Waals surface area contributed by atoms with Gasteiger partial charge >= 0.3 is 5.97 Å². The molecule has 1 N–H and O–H groups in total. The SMILES string of the molecule is CN(C)c1cccc(C(=O)OCC(=O)Nc2cccc3ccccc23)c1. The number of fused-ring (bicyclic) bond motifs is 1. The van der Waals surface area contributed by atoms with Gasteiger partial charge in [-0.05, 0) is 29.7 Å². The van der Waals surface area contributed by atoms with E-state index in [1.165, 1.54) is 0 Å². The Morgan fingerprint density at radius 1 is 0.962 bits per heavy atom. The lowest BCUT2D eigenvalue weighted by Gasteiger charge is -2.13. The van der Waals surface area contributed by atoms with Gasteiger partial charge in [0, 0.05) is 30.9 Å². The predicted octanol–water partition coefficient (Wildman–Crippen LogP) is 3.70. The smallest absolute Gasteiger partial charge is 0.338 e. The maximum atomic E-state index is 12.2. The number of esters is 1. The number of carbonyl (C=O) groups excluding carboxylic acids is 2. The number of nitrogens with zero attached hydrogens (tertiary/aromatic N) is 1. The highest BCUT2D eigenvalue weighted by Crippen LogP contribution is 2.22. The van der Waals surface area contributed by atoms with Crippen LogP contribution in [0.1, 0.15) is 10.4 Å². The van der Waals surface area contributed by atoms with E-state index in [-0.39, 0.29) is 12.5 Å². The molecule has 0 aliphatic rings. The molecule has 26 heavy (non-hydrogen) atoms. The Bertz CT molecular complexity index is 945. The second-order valence-electron chi connectivity index (χ2n) is 6.10. The number of hydrogen-bond donors (Lipinski definition) is 1. The summed E-state index contributed by atoms with van der Waals surface area (Å²) in [7, 11) is 3.78. The molecule has 0 heterocycles. The van der Waals surface area contributed by atoms with Crippen LogP contribution in [0.4, 0.5) is 11.4 Å². The molecule has 3 aromatic carbocycles. The molecule has 0 fully saturated rings. The van der Waals surface area contributed by atoms with Gasteiger partial charge in [0.05, 0.1) is 5.56 Å². The molecule has 0 saturated carbocycles. The van der Waals surface area contributed by atoms with Crippen molar-refractivity contribution in [2.45, 2.75) is 0 Å². The van der Waals surface area contributed by atoms with Crippen molar-refractivity contribution in [1.82, 2.24) is 0 Å². The highest BCUT2D eigenvalue weighted by molar-refractivity contribution is 6.03. The fourth-order valence-electron chi connectivity index (χ4n) is 2.65. The van der Waals surface area contributed by atoms with Gasteiger partial charge in [-0.1, -0.05) is 42.5 Å². The van der Waals surface area contributed by atoms with Gasteiger partial charge in [0.1, 0.15) is 0 Å². The summed E-state index contributed by atoms with van der Waals surface area (Å²) in [5.41, 5.74) is 1.99. The zero-order chi connectivity index (χ0) is 18.5. The summed E-state index contributed by atoms with van der Waals surface area (Å²) >= 11 is 0. The number of hydrogen-bond acceptors (Lipinski definition) is 4. The fraction of sp³-hybridized carbons (Fsp3) is 0.143. The monoisotopic (exact) mass is 348 g/mol.